The number of rotatable bonds is 2. The van der Waals surface area contributed by atoms with Crippen molar-refractivity contribution in [3.63, 3.8) is 0 Å². The van der Waals surface area contributed by atoms with Gasteiger partial charge in [-0.2, -0.15) is 18.3 Å². The molecular weight excluding hydrogens is 217 g/mol. The van der Waals surface area contributed by atoms with Crippen LogP contribution in [-0.2, 0) is 0 Å². The van der Waals surface area contributed by atoms with Crippen molar-refractivity contribution in [2.24, 2.45) is 10.2 Å². The average molecular weight is 238 g/mol. The van der Waals surface area contributed by atoms with Crippen molar-refractivity contribution in [3.8, 4) is 0 Å². The summed E-state index contributed by atoms with van der Waals surface area (Å²) in [5.74, 6) is 0. The number of halogens is 3. The minimum Gasteiger partial charge on any atom is -0.164 e. The van der Waals surface area contributed by atoms with Gasteiger partial charge in [-0.05, 0) is 19.9 Å². The number of hydrogen-bond donors (Lipinski definition) is 0. The molecule has 0 unspecified atom stereocenters. The first kappa shape index (κ1) is 20.3. The van der Waals surface area contributed by atoms with Gasteiger partial charge in [-0.15, -0.1) is 5.10 Å². The molecule has 0 saturated heterocycles. The smallest absolute Gasteiger partial charge is 0.164 e. The van der Waals surface area contributed by atoms with Gasteiger partial charge in [-0.1, -0.05) is 34.3 Å². The van der Waals surface area contributed by atoms with Crippen LogP contribution in [0.25, 0.3) is 0 Å². The number of alkyl halides is 3. The highest BCUT2D eigenvalue weighted by molar-refractivity contribution is 5.99. The summed E-state index contributed by atoms with van der Waals surface area (Å²) in [5.41, 5.74) is -0.623. The van der Waals surface area contributed by atoms with E-state index in [1.807, 2.05) is 27.7 Å². The van der Waals surface area contributed by atoms with E-state index < -0.39 is 11.9 Å². The zero-order valence-corrected chi connectivity index (χ0v) is 10.8. The van der Waals surface area contributed by atoms with Crippen LogP contribution in [0.5, 0.6) is 0 Å². The molecule has 0 aromatic heterocycles. The van der Waals surface area contributed by atoms with Crippen LogP contribution in [0.15, 0.2) is 22.9 Å². The van der Waals surface area contributed by atoms with E-state index in [2.05, 4.69) is 16.8 Å². The fourth-order valence-electron chi connectivity index (χ4n) is 0.367. The van der Waals surface area contributed by atoms with Gasteiger partial charge in [0.1, 0.15) is 0 Å². The third-order valence-electron chi connectivity index (χ3n) is 0.842. The molecule has 0 aromatic carbocycles. The summed E-state index contributed by atoms with van der Waals surface area (Å²) in [6.45, 7) is 14.1. The first-order valence-electron chi connectivity index (χ1n) is 5.16. The number of nitrogens with zero attached hydrogens (tertiary/aromatic N) is 2. The lowest BCUT2D eigenvalue weighted by atomic mass is 10.4. The maximum Gasteiger partial charge on any atom is 0.435 e. The van der Waals surface area contributed by atoms with Gasteiger partial charge in [-0.3, -0.25) is 0 Å². The molecule has 0 aliphatic heterocycles. The van der Waals surface area contributed by atoms with E-state index in [-0.39, 0.29) is 0 Å². The second kappa shape index (κ2) is 11.9. The summed E-state index contributed by atoms with van der Waals surface area (Å²) >= 11 is 0. The molecule has 0 rings (SSSR count). The van der Waals surface area contributed by atoms with Crippen molar-refractivity contribution in [2.75, 3.05) is 0 Å². The Morgan fingerprint density at radius 3 is 1.56 bits per heavy atom. The Labute approximate surface area is 96.0 Å². The molecule has 0 aliphatic carbocycles. The minimum atomic E-state index is -4.47. The quantitative estimate of drug-likeness (QED) is 0.495. The molecule has 0 spiro atoms. The average Bonchev–Trinajstić information content (AvgIpc) is 2.22. The summed E-state index contributed by atoms with van der Waals surface area (Å²) in [6, 6.07) is 0. The Hall–Kier alpha value is -1.13. The summed E-state index contributed by atoms with van der Waals surface area (Å²) in [6.07, 6.45) is -3.84. The molecule has 0 aromatic rings. The van der Waals surface area contributed by atoms with Gasteiger partial charge in [-0.25, -0.2) is 0 Å². The predicted octanol–water partition coefficient (Wildman–Crippen LogP) is 4.62. The Bertz CT molecular complexity index is 224. The van der Waals surface area contributed by atoms with Crippen LogP contribution in [0.3, 0.4) is 0 Å². The van der Waals surface area contributed by atoms with Crippen molar-refractivity contribution in [3.05, 3.63) is 12.7 Å². The van der Waals surface area contributed by atoms with E-state index >= 15 is 0 Å². The Kier molecular flexibility index (Phi) is 15.2. The molecule has 16 heavy (non-hydrogen) atoms. The van der Waals surface area contributed by atoms with Crippen molar-refractivity contribution in [2.45, 2.75) is 47.7 Å². The largest absolute Gasteiger partial charge is 0.435 e. The highest BCUT2D eigenvalue weighted by Crippen LogP contribution is 2.17. The molecule has 0 radical (unpaired) electrons. The molecule has 0 saturated carbocycles. The van der Waals surface area contributed by atoms with Crippen LogP contribution >= 0.6 is 0 Å². The summed E-state index contributed by atoms with van der Waals surface area (Å²) < 4.78 is 35.7. The molecule has 0 heterocycles. The molecule has 0 atom stereocenters. The third-order valence-corrected chi connectivity index (χ3v) is 0.842. The van der Waals surface area contributed by atoms with Crippen LogP contribution in [0.2, 0.25) is 0 Å². The van der Waals surface area contributed by atoms with Crippen molar-refractivity contribution >= 4 is 11.4 Å². The third kappa shape index (κ3) is 12.9. The van der Waals surface area contributed by atoms with Gasteiger partial charge in [0.15, 0.2) is 5.71 Å². The summed E-state index contributed by atoms with van der Waals surface area (Å²) in [7, 11) is 0. The first-order chi connectivity index (χ1) is 7.38. The van der Waals surface area contributed by atoms with Crippen molar-refractivity contribution in [1.29, 1.82) is 0 Å². The van der Waals surface area contributed by atoms with E-state index in [1.54, 1.807) is 13.8 Å². The molecular formula is C11H21F3N2. The van der Waals surface area contributed by atoms with Crippen LogP contribution in [0.1, 0.15) is 41.5 Å². The molecule has 5 heteroatoms. The minimum absolute atomic E-state index is 0.457. The first-order valence-corrected chi connectivity index (χ1v) is 5.16. The van der Waals surface area contributed by atoms with Gasteiger partial charge in [0.2, 0.25) is 0 Å². The van der Waals surface area contributed by atoms with Crippen molar-refractivity contribution < 1.29 is 13.2 Å². The molecule has 0 amide bonds. The second-order valence-electron chi connectivity index (χ2n) is 2.23. The Balaban J connectivity index is -0.000000376. The molecule has 0 aliphatic rings. The van der Waals surface area contributed by atoms with Gasteiger partial charge < -0.3 is 0 Å². The summed E-state index contributed by atoms with van der Waals surface area (Å²) in [4.78, 5) is 0. The lowest BCUT2D eigenvalue weighted by molar-refractivity contribution is -0.0578. The molecule has 0 fully saturated rings. The summed E-state index contributed by atoms with van der Waals surface area (Å²) in [5, 5.41) is 6.25. The van der Waals surface area contributed by atoms with Crippen molar-refractivity contribution in [1.82, 2.24) is 0 Å². The normalized spacial score (nSPS) is 10.2. The lowest BCUT2D eigenvalue weighted by Gasteiger charge is -2.02. The van der Waals surface area contributed by atoms with E-state index in [9.17, 15) is 13.2 Å². The zero-order valence-electron chi connectivity index (χ0n) is 10.8. The Morgan fingerprint density at radius 2 is 1.38 bits per heavy atom. The molecule has 2 nitrogen and oxygen atoms in total. The van der Waals surface area contributed by atoms with Crippen LogP contribution in [0.4, 0.5) is 13.2 Å². The van der Waals surface area contributed by atoms with Gasteiger partial charge in [0.05, 0.1) is 0 Å². The molecule has 0 bridgehead atoms. The lowest BCUT2D eigenvalue weighted by Crippen LogP contribution is -2.20. The maximum atomic E-state index is 11.9. The fourth-order valence-corrected chi connectivity index (χ4v) is 0.367. The van der Waals surface area contributed by atoms with Crippen LogP contribution in [-0.4, -0.2) is 17.6 Å². The topological polar surface area (TPSA) is 24.7 Å². The number of hydrogen-bond acceptors (Lipinski definition) is 2. The Morgan fingerprint density at radius 1 is 1.00 bits per heavy atom. The van der Waals surface area contributed by atoms with E-state index in [1.165, 1.54) is 0 Å². The van der Waals surface area contributed by atoms with E-state index in [4.69, 9.17) is 0 Å². The fraction of sp³-hybridized carbons (Fsp3) is 0.636. The van der Waals surface area contributed by atoms with E-state index in [0.29, 0.717) is 11.8 Å². The van der Waals surface area contributed by atoms with Crippen LogP contribution in [0, 0.1) is 0 Å². The van der Waals surface area contributed by atoms with Crippen LogP contribution < -0.4 is 0 Å². The van der Waals surface area contributed by atoms with Gasteiger partial charge in [0.25, 0.3) is 0 Å². The van der Waals surface area contributed by atoms with E-state index in [0.717, 1.165) is 0 Å². The molecule has 96 valence electrons. The second-order valence-corrected chi connectivity index (χ2v) is 2.23. The monoisotopic (exact) mass is 238 g/mol. The van der Waals surface area contributed by atoms with Gasteiger partial charge in [0, 0.05) is 5.71 Å². The van der Waals surface area contributed by atoms with Gasteiger partial charge >= 0.3 is 6.18 Å². The predicted molar refractivity (Wildman–Crippen MR) is 65.2 cm³/mol. The highest BCUT2D eigenvalue weighted by Gasteiger charge is 2.33. The maximum absolute atomic E-state index is 11.9. The molecule has 0 N–H and O–H groups in total. The zero-order chi connectivity index (χ0) is 13.8. The highest BCUT2D eigenvalue weighted by atomic mass is 19.4. The standard InChI is InChI=1S/C7H9F3N2.2C2H6/c1-4-6(7(8,9)10)12-11-5(2)3;2*1-2/h4H,1H2,2-3H3;2*1-2H3/b12-6+;;. The number of allylic oxidation sites excluding steroid dienone is 1. The SMILES string of the molecule is C=C/C(=N\N=C(C)C)C(F)(F)F.CC.CC.